The van der Waals surface area contributed by atoms with Crippen LogP contribution in [0, 0.1) is 11.2 Å². The molecule has 1 aromatic rings. The van der Waals surface area contributed by atoms with E-state index in [2.05, 4.69) is 26.1 Å². The summed E-state index contributed by atoms with van der Waals surface area (Å²) in [6.07, 6.45) is 0.917. The summed E-state index contributed by atoms with van der Waals surface area (Å²) in [5, 5.41) is 2.81. The molecule has 0 saturated heterocycles. The highest BCUT2D eigenvalue weighted by Gasteiger charge is 2.11. The largest absolute Gasteiger partial charge is 0.352 e. The predicted octanol–water partition coefficient (Wildman–Crippen LogP) is 2.99. The fourth-order valence-electron chi connectivity index (χ4n) is 1.25. The molecule has 16 heavy (non-hydrogen) atoms. The molecule has 0 saturated carbocycles. The van der Waals surface area contributed by atoms with Crippen molar-refractivity contribution >= 4 is 5.91 Å². The number of hydrogen-bond acceptors (Lipinski definition) is 1. The first-order valence-corrected chi connectivity index (χ1v) is 5.42. The molecule has 1 aromatic carbocycles. The van der Waals surface area contributed by atoms with Crippen LogP contribution in [0.5, 0.6) is 0 Å². The Morgan fingerprint density at radius 1 is 1.25 bits per heavy atom. The molecule has 0 aliphatic carbocycles. The van der Waals surface area contributed by atoms with Gasteiger partial charge in [-0.1, -0.05) is 20.8 Å². The zero-order chi connectivity index (χ0) is 12.2. The maximum absolute atomic E-state index is 12.6. The van der Waals surface area contributed by atoms with Gasteiger partial charge in [0, 0.05) is 12.1 Å². The Hall–Kier alpha value is -1.38. The van der Waals surface area contributed by atoms with Crippen LogP contribution in [-0.4, -0.2) is 12.5 Å². The van der Waals surface area contributed by atoms with Crippen molar-refractivity contribution in [2.24, 2.45) is 5.41 Å². The standard InChI is InChI=1S/C13H18FNO/c1-13(2,3)8-9-15-12(16)10-4-6-11(14)7-5-10/h4-7H,8-9H2,1-3H3,(H,15,16). The zero-order valence-electron chi connectivity index (χ0n) is 10.0. The fourth-order valence-corrected chi connectivity index (χ4v) is 1.25. The van der Waals surface area contributed by atoms with E-state index in [1.54, 1.807) is 0 Å². The van der Waals surface area contributed by atoms with Crippen molar-refractivity contribution in [3.63, 3.8) is 0 Å². The quantitative estimate of drug-likeness (QED) is 0.838. The van der Waals surface area contributed by atoms with E-state index in [9.17, 15) is 9.18 Å². The number of hydrogen-bond donors (Lipinski definition) is 1. The van der Waals surface area contributed by atoms with Crippen molar-refractivity contribution in [1.82, 2.24) is 5.32 Å². The van der Waals surface area contributed by atoms with Crippen LogP contribution in [0.15, 0.2) is 24.3 Å². The monoisotopic (exact) mass is 223 g/mol. The van der Waals surface area contributed by atoms with E-state index in [-0.39, 0.29) is 17.1 Å². The molecule has 0 fully saturated rings. The molecular weight excluding hydrogens is 205 g/mol. The summed E-state index contributed by atoms with van der Waals surface area (Å²) in [4.78, 5) is 11.6. The van der Waals surface area contributed by atoms with Crippen molar-refractivity contribution in [1.29, 1.82) is 0 Å². The van der Waals surface area contributed by atoms with E-state index in [0.29, 0.717) is 12.1 Å². The van der Waals surface area contributed by atoms with E-state index in [1.165, 1.54) is 24.3 Å². The third-order valence-electron chi connectivity index (χ3n) is 2.27. The molecule has 0 heterocycles. The molecule has 0 bridgehead atoms. The second-order valence-electron chi connectivity index (χ2n) is 5.07. The molecule has 1 amide bonds. The number of carbonyl (C=O) groups is 1. The fraction of sp³-hybridized carbons (Fsp3) is 0.462. The molecule has 2 nitrogen and oxygen atoms in total. The molecule has 0 aliphatic heterocycles. The van der Waals surface area contributed by atoms with Crippen LogP contribution in [0.1, 0.15) is 37.6 Å². The van der Waals surface area contributed by atoms with Gasteiger partial charge in [0.25, 0.3) is 5.91 Å². The molecule has 88 valence electrons. The number of nitrogens with one attached hydrogen (secondary N) is 1. The Morgan fingerprint density at radius 2 is 1.81 bits per heavy atom. The summed E-state index contributed by atoms with van der Waals surface area (Å²) in [5.41, 5.74) is 0.700. The topological polar surface area (TPSA) is 29.1 Å². The van der Waals surface area contributed by atoms with Crippen molar-refractivity contribution in [2.45, 2.75) is 27.2 Å². The minimum Gasteiger partial charge on any atom is -0.352 e. The van der Waals surface area contributed by atoms with Gasteiger partial charge in [-0.15, -0.1) is 0 Å². The highest BCUT2D eigenvalue weighted by atomic mass is 19.1. The Balaban J connectivity index is 2.44. The number of benzene rings is 1. The molecule has 3 heteroatoms. The minimum absolute atomic E-state index is 0.149. The lowest BCUT2D eigenvalue weighted by molar-refractivity contribution is 0.0949. The lowest BCUT2D eigenvalue weighted by Crippen LogP contribution is -2.27. The van der Waals surface area contributed by atoms with Gasteiger partial charge in [-0.3, -0.25) is 4.79 Å². The second-order valence-corrected chi connectivity index (χ2v) is 5.07. The van der Waals surface area contributed by atoms with Gasteiger partial charge in [-0.2, -0.15) is 0 Å². The van der Waals surface area contributed by atoms with Gasteiger partial charge >= 0.3 is 0 Å². The third-order valence-corrected chi connectivity index (χ3v) is 2.27. The van der Waals surface area contributed by atoms with E-state index in [0.717, 1.165) is 6.42 Å². The van der Waals surface area contributed by atoms with Crippen LogP contribution in [0.2, 0.25) is 0 Å². The van der Waals surface area contributed by atoms with Crippen LogP contribution < -0.4 is 5.32 Å². The van der Waals surface area contributed by atoms with Gasteiger partial charge in [-0.05, 0) is 36.1 Å². The normalized spacial score (nSPS) is 11.2. The lowest BCUT2D eigenvalue weighted by atomic mass is 9.92. The maximum atomic E-state index is 12.6. The van der Waals surface area contributed by atoms with Crippen LogP contribution in [-0.2, 0) is 0 Å². The number of halogens is 1. The van der Waals surface area contributed by atoms with Crippen LogP contribution in [0.25, 0.3) is 0 Å². The second kappa shape index (κ2) is 5.10. The van der Waals surface area contributed by atoms with E-state index in [1.807, 2.05) is 0 Å². The highest BCUT2D eigenvalue weighted by Crippen LogP contribution is 2.17. The summed E-state index contributed by atoms with van der Waals surface area (Å²) < 4.78 is 12.6. The van der Waals surface area contributed by atoms with Gasteiger partial charge in [0.05, 0.1) is 0 Å². The van der Waals surface area contributed by atoms with E-state index >= 15 is 0 Å². The SMILES string of the molecule is CC(C)(C)CCNC(=O)c1ccc(F)cc1. The molecule has 1 rings (SSSR count). The van der Waals surface area contributed by atoms with E-state index < -0.39 is 0 Å². The molecule has 1 N–H and O–H groups in total. The molecule has 0 radical (unpaired) electrons. The minimum atomic E-state index is -0.328. The van der Waals surface area contributed by atoms with Crippen molar-refractivity contribution in [3.8, 4) is 0 Å². The van der Waals surface area contributed by atoms with Gasteiger partial charge in [-0.25, -0.2) is 4.39 Å². The molecular formula is C13H18FNO. The Bertz CT molecular complexity index is 351. The Labute approximate surface area is 95.9 Å². The van der Waals surface area contributed by atoms with Gasteiger partial charge in [0.15, 0.2) is 0 Å². The molecule has 0 spiro atoms. The van der Waals surface area contributed by atoms with Crippen molar-refractivity contribution < 1.29 is 9.18 Å². The molecule has 0 atom stereocenters. The van der Waals surface area contributed by atoms with Crippen LogP contribution in [0.3, 0.4) is 0 Å². The highest BCUT2D eigenvalue weighted by molar-refractivity contribution is 5.94. The maximum Gasteiger partial charge on any atom is 0.251 e. The van der Waals surface area contributed by atoms with Crippen LogP contribution >= 0.6 is 0 Å². The number of amides is 1. The summed E-state index contributed by atoms with van der Waals surface area (Å²) in [7, 11) is 0. The van der Waals surface area contributed by atoms with Crippen molar-refractivity contribution in [3.05, 3.63) is 35.6 Å². The summed E-state index contributed by atoms with van der Waals surface area (Å²) in [6.45, 7) is 7.00. The lowest BCUT2D eigenvalue weighted by Gasteiger charge is -2.17. The van der Waals surface area contributed by atoms with Gasteiger partial charge in [0.1, 0.15) is 5.82 Å². The first kappa shape index (κ1) is 12.7. The molecule has 0 aromatic heterocycles. The number of carbonyl (C=O) groups excluding carboxylic acids is 1. The summed E-state index contributed by atoms with van der Waals surface area (Å²) in [5.74, 6) is -0.476. The smallest absolute Gasteiger partial charge is 0.251 e. The van der Waals surface area contributed by atoms with E-state index in [4.69, 9.17) is 0 Å². The average Bonchev–Trinajstić information content (AvgIpc) is 2.16. The van der Waals surface area contributed by atoms with Gasteiger partial charge in [0.2, 0.25) is 0 Å². The Kier molecular flexibility index (Phi) is 4.05. The van der Waals surface area contributed by atoms with Crippen molar-refractivity contribution in [2.75, 3.05) is 6.54 Å². The first-order chi connectivity index (χ1) is 7.38. The van der Waals surface area contributed by atoms with Gasteiger partial charge < -0.3 is 5.32 Å². The third kappa shape index (κ3) is 4.43. The Morgan fingerprint density at radius 3 is 2.31 bits per heavy atom. The summed E-state index contributed by atoms with van der Waals surface area (Å²) >= 11 is 0. The predicted molar refractivity (Wildman–Crippen MR) is 62.8 cm³/mol. The first-order valence-electron chi connectivity index (χ1n) is 5.42. The zero-order valence-corrected chi connectivity index (χ0v) is 10.0. The average molecular weight is 223 g/mol. The molecule has 0 aliphatic rings. The number of rotatable bonds is 3. The molecule has 0 unspecified atom stereocenters. The summed E-state index contributed by atoms with van der Waals surface area (Å²) in [6, 6.07) is 5.56. The van der Waals surface area contributed by atoms with Crippen LogP contribution in [0.4, 0.5) is 4.39 Å².